The van der Waals surface area contributed by atoms with Crippen LogP contribution in [0.25, 0.3) is 11.1 Å². The highest BCUT2D eigenvalue weighted by atomic mass is 32.1. The van der Waals surface area contributed by atoms with Gasteiger partial charge >= 0.3 is 6.18 Å². The molecule has 4 rings (SSSR count). The Hall–Kier alpha value is -2.94. The van der Waals surface area contributed by atoms with Crippen LogP contribution in [0.4, 0.5) is 13.2 Å². The van der Waals surface area contributed by atoms with E-state index in [9.17, 15) is 18.0 Å². The number of amides is 1. The Balaban J connectivity index is 1.55. The Bertz CT molecular complexity index is 1070. The van der Waals surface area contributed by atoms with E-state index in [1.165, 1.54) is 12.1 Å². The van der Waals surface area contributed by atoms with E-state index in [0.717, 1.165) is 23.2 Å². The average molecular weight is 419 g/mol. The minimum Gasteiger partial charge on any atom is -0.487 e. The summed E-state index contributed by atoms with van der Waals surface area (Å²) in [6, 6.07) is 10.6. The molecule has 0 fully saturated rings. The van der Waals surface area contributed by atoms with Crippen molar-refractivity contribution < 1.29 is 22.7 Å². The van der Waals surface area contributed by atoms with Gasteiger partial charge in [-0.1, -0.05) is 40.9 Å². The molecule has 3 aromatic rings. The Morgan fingerprint density at radius 1 is 1.21 bits per heavy atom. The summed E-state index contributed by atoms with van der Waals surface area (Å²) in [6.45, 7) is 1.93. The van der Waals surface area contributed by atoms with Crippen LogP contribution in [0.15, 0.2) is 42.5 Å². The molecule has 2 aromatic carbocycles. The van der Waals surface area contributed by atoms with E-state index in [-0.39, 0.29) is 24.1 Å². The fourth-order valence-corrected chi connectivity index (χ4v) is 3.93. The molecule has 0 bridgehead atoms. The third-order valence-corrected chi connectivity index (χ3v) is 5.53. The van der Waals surface area contributed by atoms with Gasteiger partial charge in [-0.15, -0.1) is 5.10 Å². The summed E-state index contributed by atoms with van der Waals surface area (Å²) >= 11 is 1.01. The standard InChI is InChI=1S/C20H16F3N3O2S/c1-11-18(29-26-25-11)19(27)24-10-13-9-12-5-4-7-15(17(12)28-13)14-6-2-3-8-16(14)20(21,22)23/h2-8,13H,9-10H2,1H3,(H,24,27)/t13-/m0/s1. The molecule has 0 unspecified atom stereocenters. The summed E-state index contributed by atoms with van der Waals surface area (Å²) in [6.07, 6.45) is -4.34. The van der Waals surface area contributed by atoms with Crippen molar-refractivity contribution in [2.75, 3.05) is 6.54 Å². The van der Waals surface area contributed by atoms with Gasteiger partial charge in [-0.25, -0.2) is 0 Å². The van der Waals surface area contributed by atoms with Crippen LogP contribution in [0.1, 0.15) is 26.5 Å². The predicted molar refractivity (Wildman–Crippen MR) is 102 cm³/mol. The minimum absolute atomic E-state index is 0.0768. The zero-order chi connectivity index (χ0) is 20.6. The predicted octanol–water partition coefficient (Wildman–Crippen LogP) is 4.27. The maximum absolute atomic E-state index is 13.4. The number of carbonyl (C=O) groups is 1. The van der Waals surface area contributed by atoms with E-state index >= 15 is 0 Å². The number of halogens is 3. The maximum atomic E-state index is 13.4. The van der Waals surface area contributed by atoms with E-state index in [4.69, 9.17) is 4.74 Å². The molecule has 5 nitrogen and oxygen atoms in total. The van der Waals surface area contributed by atoms with Gasteiger partial charge in [-0.05, 0) is 35.6 Å². The molecule has 2 heterocycles. The highest BCUT2D eigenvalue weighted by molar-refractivity contribution is 7.08. The van der Waals surface area contributed by atoms with Gasteiger partial charge in [-0.2, -0.15) is 13.2 Å². The molecule has 0 radical (unpaired) electrons. The lowest BCUT2D eigenvalue weighted by atomic mass is 9.96. The van der Waals surface area contributed by atoms with Crippen LogP contribution in [0.2, 0.25) is 0 Å². The number of fused-ring (bicyclic) bond motifs is 1. The van der Waals surface area contributed by atoms with Crippen LogP contribution < -0.4 is 10.1 Å². The summed E-state index contributed by atoms with van der Waals surface area (Å²) in [5, 5.41) is 6.59. The fourth-order valence-electron chi connectivity index (χ4n) is 3.36. The molecule has 0 saturated carbocycles. The first-order chi connectivity index (χ1) is 13.8. The molecule has 9 heteroatoms. The Morgan fingerprint density at radius 3 is 2.69 bits per heavy atom. The number of para-hydroxylation sites is 1. The summed E-state index contributed by atoms with van der Waals surface area (Å²) < 4.78 is 50.0. The average Bonchev–Trinajstić information content (AvgIpc) is 3.31. The molecule has 1 atom stereocenters. The van der Waals surface area contributed by atoms with Crippen molar-refractivity contribution in [3.63, 3.8) is 0 Å². The largest absolute Gasteiger partial charge is 0.487 e. The summed E-state index contributed by atoms with van der Waals surface area (Å²) in [5.41, 5.74) is 1.13. The van der Waals surface area contributed by atoms with Gasteiger partial charge in [0.05, 0.1) is 17.8 Å². The van der Waals surface area contributed by atoms with Gasteiger partial charge in [0.15, 0.2) is 0 Å². The van der Waals surface area contributed by atoms with Crippen molar-refractivity contribution in [3.05, 3.63) is 64.2 Å². The first kappa shape index (κ1) is 19.4. The highest BCUT2D eigenvalue weighted by Crippen LogP contribution is 2.43. The van der Waals surface area contributed by atoms with Gasteiger partial charge in [0.2, 0.25) is 0 Å². The van der Waals surface area contributed by atoms with Gasteiger partial charge in [0.1, 0.15) is 16.7 Å². The number of hydrogen-bond donors (Lipinski definition) is 1. The molecular weight excluding hydrogens is 403 g/mol. The molecule has 1 amide bonds. The van der Waals surface area contributed by atoms with Crippen LogP contribution in [0.5, 0.6) is 5.75 Å². The first-order valence-corrected chi connectivity index (χ1v) is 9.64. The van der Waals surface area contributed by atoms with Crippen molar-refractivity contribution in [1.82, 2.24) is 14.9 Å². The Kier molecular flexibility index (Phi) is 4.99. The summed E-state index contributed by atoms with van der Waals surface area (Å²) in [7, 11) is 0. The van der Waals surface area contributed by atoms with Gasteiger partial charge < -0.3 is 10.1 Å². The van der Waals surface area contributed by atoms with E-state index in [0.29, 0.717) is 28.3 Å². The van der Waals surface area contributed by atoms with E-state index in [1.54, 1.807) is 25.1 Å². The Morgan fingerprint density at radius 2 is 1.97 bits per heavy atom. The van der Waals surface area contributed by atoms with E-state index < -0.39 is 11.7 Å². The van der Waals surface area contributed by atoms with Crippen molar-refractivity contribution in [2.24, 2.45) is 0 Å². The number of aryl methyl sites for hydroxylation is 1. The number of aromatic nitrogens is 2. The lowest BCUT2D eigenvalue weighted by Gasteiger charge is -2.16. The highest BCUT2D eigenvalue weighted by Gasteiger charge is 2.35. The maximum Gasteiger partial charge on any atom is 0.417 e. The monoisotopic (exact) mass is 419 g/mol. The lowest BCUT2D eigenvalue weighted by Crippen LogP contribution is -2.34. The normalized spacial score (nSPS) is 15.7. The van der Waals surface area contributed by atoms with Crippen LogP contribution in [0, 0.1) is 6.92 Å². The van der Waals surface area contributed by atoms with Crippen molar-refractivity contribution in [1.29, 1.82) is 0 Å². The number of hydrogen-bond acceptors (Lipinski definition) is 5. The number of alkyl halides is 3. The molecule has 1 aromatic heterocycles. The van der Waals surface area contributed by atoms with Crippen LogP contribution in [-0.4, -0.2) is 28.1 Å². The molecule has 150 valence electrons. The molecule has 0 spiro atoms. The second-order valence-corrected chi connectivity index (χ2v) is 7.43. The first-order valence-electron chi connectivity index (χ1n) is 8.87. The van der Waals surface area contributed by atoms with E-state index in [2.05, 4.69) is 14.9 Å². The Labute approximate surface area is 168 Å². The zero-order valence-corrected chi connectivity index (χ0v) is 16.1. The topological polar surface area (TPSA) is 64.1 Å². The van der Waals surface area contributed by atoms with Gasteiger partial charge in [-0.3, -0.25) is 4.79 Å². The fraction of sp³-hybridized carbons (Fsp3) is 0.250. The second kappa shape index (κ2) is 7.47. The molecule has 1 aliphatic heterocycles. The van der Waals surface area contributed by atoms with Crippen LogP contribution in [0.3, 0.4) is 0 Å². The molecule has 1 N–H and O–H groups in total. The molecule has 29 heavy (non-hydrogen) atoms. The number of carbonyl (C=O) groups excluding carboxylic acids is 1. The number of rotatable bonds is 4. The summed E-state index contributed by atoms with van der Waals surface area (Å²) in [4.78, 5) is 12.7. The van der Waals surface area contributed by atoms with Crippen LogP contribution >= 0.6 is 11.5 Å². The number of ether oxygens (including phenoxy) is 1. The number of nitrogens with zero attached hydrogens (tertiary/aromatic N) is 2. The summed E-state index contributed by atoms with van der Waals surface area (Å²) in [5.74, 6) is 0.138. The van der Waals surface area contributed by atoms with Crippen molar-refractivity contribution in [3.8, 4) is 16.9 Å². The smallest absolute Gasteiger partial charge is 0.417 e. The molecule has 0 saturated heterocycles. The lowest BCUT2D eigenvalue weighted by molar-refractivity contribution is -0.137. The van der Waals surface area contributed by atoms with Crippen molar-refractivity contribution in [2.45, 2.75) is 25.6 Å². The molecule has 1 aliphatic rings. The third kappa shape index (κ3) is 3.82. The van der Waals surface area contributed by atoms with Gasteiger partial charge in [0.25, 0.3) is 5.91 Å². The van der Waals surface area contributed by atoms with E-state index in [1.807, 2.05) is 6.07 Å². The number of benzene rings is 2. The quantitative estimate of drug-likeness (QED) is 0.686. The van der Waals surface area contributed by atoms with Gasteiger partial charge in [0, 0.05) is 12.0 Å². The minimum atomic E-state index is -4.47. The van der Waals surface area contributed by atoms with Crippen molar-refractivity contribution >= 4 is 17.4 Å². The second-order valence-electron chi connectivity index (χ2n) is 6.68. The van der Waals surface area contributed by atoms with Crippen LogP contribution in [-0.2, 0) is 12.6 Å². The SMILES string of the molecule is Cc1nnsc1C(=O)NC[C@@H]1Cc2cccc(-c3ccccc3C(F)(F)F)c2O1. The molecular formula is C20H16F3N3O2S. The number of nitrogens with one attached hydrogen (secondary N) is 1. The molecule has 0 aliphatic carbocycles. The zero-order valence-electron chi connectivity index (χ0n) is 15.3. The third-order valence-electron chi connectivity index (χ3n) is 4.70.